The number of nitrogens with one attached hydrogen (secondary N) is 1. The van der Waals surface area contributed by atoms with E-state index in [1.165, 1.54) is 0 Å². The number of rotatable bonds is 7. The molecule has 1 aromatic rings. The number of amides is 1. The molecule has 6 nitrogen and oxygen atoms in total. The minimum absolute atomic E-state index is 0.0739. The van der Waals surface area contributed by atoms with Crippen molar-refractivity contribution in [1.82, 2.24) is 9.88 Å². The Hall–Kier alpha value is -1.82. The molecule has 1 aromatic heterocycles. The first-order valence-electron chi connectivity index (χ1n) is 6.60. The third-order valence-electron chi connectivity index (χ3n) is 2.77. The van der Waals surface area contributed by atoms with Crippen LogP contribution in [-0.2, 0) is 20.8 Å². The molecule has 112 valence electrons. The predicted octanol–water partition coefficient (Wildman–Crippen LogP) is 1.12. The van der Waals surface area contributed by atoms with Gasteiger partial charge < -0.3 is 19.4 Å². The van der Waals surface area contributed by atoms with Gasteiger partial charge in [-0.1, -0.05) is 0 Å². The highest BCUT2D eigenvalue weighted by Gasteiger charge is 2.18. The molecule has 0 spiro atoms. The van der Waals surface area contributed by atoms with Gasteiger partial charge in [0, 0.05) is 19.3 Å². The SMILES string of the molecule is CCOC(=O)c1c(C)ccn1CC(=O)NC(C)COC. The normalized spacial score (nSPS) is 12.0. The molecule has 0 bridgehead atoms. The van der Waals surface area contributed by atoms with Crippen molar-refractivity contribution in [2.45, 2.75) is 33.4 Å². The van der Waals surface area contributed by atoms with Crippen molar-refractivity contribution < 1.29 is 19.1 Å². The second-order valence-electron chi connectivity index (χ2n) is 4.62. The predicted molar refractivity (Wildman–Crippen MR) is 74.6 cm³/mol. The van der Waals surface area contributed by atoms with Crippen LogP contribution in [0.3, 0.4) is 0 Å². The summed E-state index contributed by atoms with van der Waals surface area (Å²) in [4.78, 5) is 23.8. The third kappa shape index (κ3) is 4.38. The van der Waals surface area contributed by atoms with Gasteiger partial charge >= 0.3 is 5.97 Å². The summed E-state index contributed by atoms with van der Waals surface area (Å²) in [6, 6.07) is 1.72. The largest absolute Gasteiger partial charge is 0.461 e. The highest BCUT2D eigenvalue weighted by molar-refractivity contribution is 5.90. The summed E-state index contributed by atoms with van der Waals surface area (Å²) in [5.41, 5.74) is 1.21. The third-order valence-corrected chi connectivity index (χ3v) is 2.77. The molecule has 0 saturated heterocycles. The molecule has 0 radical (unpaired) electrons. The van der Waals surface area contributed by atoms with E-state index in [0.717, 1.165) is 5.56 Å². The van der Waals surface area contributed by atoms with Crippen LogP contribution in [0.2, 0.25) is 0 Å². The standard InChI is InChI=1S/C14H22N2O4/c1-5-20-14(18)13-10(2)6-7-16(13)8-12(17)15-11(3)9-19-4/h6-7,11H,5,8-9H2,1-4H3,(H,15,17). The van der Waals surface area contributed by atoms with E-state index >= 15 is 0 Å². The van der Waals surface area contributed by atoms with E-state index in [1.54, 1.807) is 30.9 Å². The Labute approximate surface area is 119 Å². The zero-order valence-electron chi connectivity index (χ0n) is 12.4. The van der Waals surface area contributed by atoms with E-state index in [-0.39, 0.29) is 18.5 Å². The number of esters is 1. The van der Waals surface area contributed by atoms with Gasteiger partial charge in [-0.05, 0) is 32.4 Å². The van der Waals surface area contributed by atoms with Crippen molar-refractivity contribution in [2.24, 2.45) is 0 Å². The van der Waals surface area contributed by atoms with Crippen LogP contribution in [0.4, 0.5) is 0 Å². The summed E-state index contributed by atoms with van der Waals surface area (Å²) in [6.07, 6.45) is 1.71. The number of methoxy groups -OCH3 is 1. The Kier molecular flexibility index (Phi) is 6.24. The minimum Gasteiger partial charge on any atom is -0.461 e. The van der Waals surface area contributed by atoms with Crippen LogP contribution in [-0.4, -0.2) is 42.8 Å². The maximum absolute atomic E-state index is 11.9. The number of nitrogens with zero attached hydrogens (tertiary/aromatic N) is 1. The molecule has 6 heteroatoms. The fourth-order valence-electron chi connectivity index (χ4n) is 1.96. The molecule has 0 aliphatic rings. The van der Waals surface area contributed by atoms with E-state index in [9.17, 15) is 9.59 Å². The van der Waals surface area contributed by atoms with Crippen LogP contribution < -0.4 is 5.32 Å². The van der Waals surface area contributed by atoms with Gasteiger partial charge in [0.25, 0.3) is 0 Å². The molecule has 1 rings (SSSR count). The number of ether oxygens (including phenoxy) is 2. The molecule has 1 heterocycles. The first kappa shape index (κ1) is 16.2. The lowest BCUT2D eigenvalue weighted by Gasteiger charge is -2.14. The maximum Gasteiger partial charge on any atom is 0.355 e. The lowest BCUT2D eigenvalue weighted by atomic mass is 10.2. The first-order valence-corrected chi connectivity index (χ1v) is 6.60. The summed E-state index contributed by atoms with van der Waals surface area (Å²) < 4.78 is 11.6. The van der Waals surface area contributed by atoms with Crippen LogP contribution in [0.25, 0.3) is 0 Å². The van der Waals surface area contributed by atoms with Crippen LogP contribution in [0.5, 0.6) is 0 Å². The average Bonchev–Trinajstić information content (AvgIpc) is 2.70. The molecular formula is C14H22N2O4. The van der Waals surface area contributed by atoms with Crippen molar-refractivity contribution in [2.75, 3.05) is 20.3 Å². The molecule has 20 heavy (non-hydrogen) atoms. The molecule has 1 atom stereocenters. The molecule has 1 amide bonds. The van der Waals surface area contributed by atoms with Gasteiger partial charge in [0.15, 0.2) is 0 Å². The van der Waals surface area contributed by atoms with E-state index in [1.807, 2.05) is 13.8 Å². The Morgan fingerprint density at radius 1 is 1.45 bits per heavy atom. The summed E-state index contributed by atoms with van der Waals surface area (Å²) in [6.45, 7) is 6.25. The van der Waals surface area contributed by atoms with Crippen LogP contribution in [0.15, 0.2) is 12.3 Å². The molecule has 0 aliphatic carbocycles. The minimum atomic E-state index is -0.410. The van der Waals surface area contributed by atoms with Crippen molar-refractivity contribution in [1.29, 1.82) is 0 Å². The van der Waals surface area contributed by atoms with Crippen molar-refractivity contribution in [3.8, 4) is 0 Å². The second-order valence-corrected chi connectivity index (χ2v) is 4.62. The number of hydrogen-bond donors (Lipinski definition) is 1. The van der Waals surface area contributed by atoms with Gasteiger partial charge in [0.05, 0.1) is 13.2 Å². The Morgan fingerprint density at radius 3 is 2.75 bits per heavy atom. The second kappa shape index (κ2) is 7.69. The van der Waals surface area contributed by atoms with Gasteiger partial charge in [0.1, 0.15) is 12.2 Å². The van der Waals surface area contributed by atoms with Crippen LogP contribution in [0.1, 0.15) is 29.9 Å². The molecule has 0 aliphatic heterocycles. The highest BCUT2D eigenvalue weighted by atomic mass is 16.5. The molecule has 1 unspecified atom stereocenters. The molecular weight excluding hydrogens is 260 g/mol. The first-order chi connectivity index (χ1) is 9.49. The molecule has 0 saturated carbocycles. The number of aryl methyl sites for hydroxylation is 1. The fraction of sp³-hybridized carbons (Fsp3) is 0.571. The summed E-state index contributed by atoms with van der Waals surface area (Å²) in [5, 5.41) is 2.80. The Morgan fingerprint density at radius 2 is 2.15 bits per heavy atom. The zero-order valence-corrected chi connectivity index (χ0v) is 12.4. The lowest BCUT2D eigenvalue weighted by molar-refractivity contribution is -0.122. The Bertz CT molecular complexity index is 468. The maximum atomic E-state index is 11.9. The zero-order chi connectivity index (χ0) is 15.1. The van der Waals surface area contributed by atoms with Gasteiger partial charge in [0.2, 0.25) is 5.91 Å². The summed E-state index contributed by atoms with van der Waals surface area (Å²) >= 11 is 0. The molecule has 0 aromatic carbocycles. The van der Waals surface area contributed by atoms with Gasteiger partial charge in [-0.15, -0.1) is 0 Å². The number of carbonyl (C=O) groups excluding carboxylic acids is 2. The van der Waals surface area contributed by atoms with E-state index in [4.69, 9.17) is 9.47 Å². The molecule has 1 N–H and O–H groups in total. The average molecular weight is 282 g/mol. The quantitative estimate of drug-likeness (QED) is 0.761. The van der Waals surface area contributed by atoms with Crippen molar-refractivity contribution in [3.63, 3.8) is 0 Å². The topological polar surface area (TPSA) is 69.6 Å². The number of aromatic nitrogens is 1. The van der Waals surface area contributed by atoms with Gasteiger partial charge in [-0.25, -0.2) is 4.79 Å². The number of carbonyl (C=O) groups is 2. The van der Waals surface area contributed by atoms with Crippen molar-refractivity contribution in [3.05, 3.63) is 23.5 Å². The van der Waals surface area contributed by atoms with Gasteiger partial charge in [-0.2, -0.15) is 0 Å². The monoisotopic (exact) mass is 282 g/mol. The summed E-state index contributed by atoms with van der Waals surface area (Å²) in [7, 11) is 1.58. The number of hydrogen-bond acceptors (Lipinski definition) is 4. The van der Waals surface area contributed by atoms with Gasteiger partial charge in [-0.3, -0.25) is 4.79 Å². The fourth-order valence-corrected chi connectivity index (χ4v) is 1.96. The highest BCUT2D eigenvalue weighted by Crippen LogP contribution is 2.11. The smallest absolute Gasteiger partial charge is 0.355 e. The van der Waals surface area contributed by atoms with E-state index < -0.39 is 5.97 Å². The van der Waals surface area contributed by atoms with Crippen molar-refractivity contribution >= 4 is 11.9 Å². The van der Waals surface area contributed by atoms with E-state index in [2.05, 4.69) is 5.32 Å². The molecule has 0 fully saturated rings. The van der Waals surface area contributed by atoms with E-state index in [0.29, 0.717) is 18.9 Å². The lowest BCUT2D eigenvalue weighted by Crippen LogP contribution is -2.38. The summed E-state index contributed by atoms with van der Waals surface area (Å²) in [5.74, 6) is -0.580. The van der Waals surface area contributed by atoms with Crippen LogP contribution in [0, 0.1) is 6.92 Å². The Balaban J connectivity index is 2.73. The van der Waals surface area contributed by atoms with Crippen LogP contribution >= 0.6 is 0 Å².